The molecule has 1 saturated carbocycles. The highest BCUT2D eigenvalue weighted by atomic mass is 35.5. The van der Waals surface area contributed by atoms with E-state index < -0.39 is 0 Å². The van der Waals surface area contributed by atoms with Crippen molar-refractivity contribution in [2.45, 2.75) is 59.9 Å². The Morgan fingerprint density at radius 2 is 2.05 bits per heavy atom. The van der Waals surface area contributed by atoms with Crippen LogP contribution in [0.2, 0.25) is 5.02 Å². The maximum absolute atomic E-state index is 6.52. The molecule has 1 heterocycles. The molecule has 1 N–H and O–H groups in total. The third-order valence-electron chi connectivity index (χ3n) is 4.25. The predicted molar refractivity (Wildman–Crippen MR) is 85.4 cm³/mol. The molecule has 0 saturated heterocycles. The average molecular weight is 298 g/mol. The summed E-state index contributed by atoms with van der Waals surface area (Å²) < 4.78 is 2.10. The number of halogens is 1. The van der Waals surface area contributed by atoms with Gasteiger partial charge in [-0.1, -0.05) is 32.4 Å². The third-order valence-corrected chi connectivity index (χ3v) is 4.68. The lowest BCUT2D eigenvalue weighted by atomic mass is 9.99. The van der Waals surface area contributed by atoms with Gasteiger partial charge in [0.15, 0.2) is 0 Å². The molecular weight excluding hydrogens is 270 g/mol. The average Bonchev–Trinajstić information content (AvgIpc) is 3.10. The molecule has 1 aliphatic rings. The molecule has 0 spiro atoms. The van der Waals surface area contributed by atoms with E-state index in [0.717, 1.165) is 43.2 Å². The second kappa shape index (κ2) is 6.48. The summed E-state index contributed by atoms with van der Waals surface area (Å²) in [5.41, 5.74) is 2.72. The monoisotopic (exact) mass is 297 g/mol. The predicted octanol–water partition coefficient (Wildman–Crippen LogP) is 3.69. The van der Waals surface area contributed by atoms with Gasteiger partial charge in [-0.3, -0.25) is 4.68 Å². The molecule has 1 aromatic rings. The van der Waals surface area contributed by atoms with E-state index in [1.54, 1.807) is 0 Å². The Morgan fingerprint density at radius 1 is 1.35 bits per heavy atom. The number of nitrogens with one attached hydrogen (secondary N) is 1. The maximum Gasteiger partial charge on any atom is 0.0850 e. The summed E-state index contributed by atoms with van der Waals surface area (Å²) in [7, 11) is 0. The van der Waals surface area contributed by atoms with E-state index in [1.165, 1.54) is 18.5 Å². The van der Waals surface area contributed by atoms with Crippen LogP contribution in [0, 0.1) is 11.3 Å². The topological polar surface area (TPSA) is 29.9 Å². The Balaban J connectivity index is 2.04. The Kier molecular flexibility index (Phi) is 5.14. The maximum atomic E-state index is 6.52. The molecule has 0 aliphatic heterocycles. The molecule has 1 aromatic heterocycles. The van der Waals surface area contributed by atoms with E-state index in [2.05, 4.69) is 42.8 Å². The zero-order valence-electron chi connectivity index (χ0n) is 13.3. The fraction of sp³-hybridized carbons (Fsp3) is 0.812. The highest BCUT2D eigenvalue weighted by molar-refractivity contribution is 6.31. The summed E-state index contributed by atoms with van der Waals surface area (Å²) in [5.74, 6) is 0.710. The van der Waals surface area contributed by atoms with Gasteiger partial charge in [-0.25, -0.2) is 0 Å². The molecular formula is C16H28ClN3. The van der Waals surface area contributed by atoms with Crippen molar-refractivity contribution in [1.82, 2.24) is 15.1 Å². The first-order chi connectivity index (χ1) is 9.51. The second-order valence-electron chi connectivity index (χ2n) is 6.58. The summed E-state index contributed by atoms with van der Waals surface area (Å²) in [6, 6.07) is 0. The number of rotatable bonds is 8. The van der Waals surface area contributed by atoms with Gasteiger partial charge in [-0.05, 0) is 50.5 Å². The first-order valence-corrected chi connectivity index (χ1v) is 8.34. The van der Waals surface area contributed by atoms with Gasteiger partial charge in [0.05, 0.1) is 16.4 Å². The van der Waals surface area contributed by atoms with Crippen molar-refractivity contribution in [3.8, 4) is 0 Å². The minimum atomic E-state index is 0.427. The van der Waals surface area contributed by atoms with E-state index in [4.69, 9.17) is 11.6 Å². The van der Waals surface area contributed by atoms with E-state index in [1.807, 2.05) is 0 Å². The number of aromatic nitrogens is 2. The zero-order chi connectivity index (χ0) is 14.8. The van der Waals surface area contributed by atoms with Crippen molar-refractivity contribution in [3.05, 3.63) is 16.4 Å². The molecule has 3 nitrogen and oxygen atoms in total. The standard InChI is InChI=1S/C16H28ClN3/c1-5-13-15(17)14(20(6-2)19-13)9-16(7-8-16)11-18-10-12(3)4/h12,18H,5-11H2,1-4H3. The van der Waals surface area contributed by atoms with Crippen LogP contribution in [0.3, 0.4) is 0 Å². The van der Waals surface area contributed by atoms with Gasteiger partial charge in [0.2, 0.25) is 0 Å². The fourth-order valence-corrected chi connectivity index (χ4v) is 3.10. The smallest absolute Gasteiger partial charge is 0.0850 e. The normalized spacial score (nSPS) is 16.9. The molecule has 114 valence electrons. The van der Waals surface area contributed by atoms with E-state index in [0.29, 0.717) is 11.3 Å². The van der Waals surface area contributed by atoms with Crippen molar-refractivity contribution >= 4 is 11.6 Å². The highest BCUT2D eigenvalue weighted by Crippen LogP contribution is 2.48. The first kappa shape index (κ1) is 15.8. The highest BCUT2D eigenvalue weighted by Gasteiger charge is 2.43. The number of hydrogen-bond donors (Lipinski definition) is 1. The molecule has 2 rings (SSSR count). The van der Waals surface area contributed by atoms with Crippen LogP contribution in [-0.2, 0) is 19.4 Å². The van der Waals surface area contributed by atoms with Crippen molar-refractivity contribution in [1.29, 1.82) is 0 Å². The van der Waals surface area contributed by atoms with Crippen molar-refractivity contribution in [2.24, 2.45) is 11.3 Å². The quantitative estimate of drug-likeness (QED) is 0.793. The Morgan fingerprint density at radius 3 is 2.55 bits per heavy atom. The second-order valence-corrected chi connectivity index (χ2v) is 6.96. The summed E-state index contributed by atoms with van der Waals surface area (Å²) in [6.07, 6.45) is 4.60. The van der Waals surface area contributed by atoms with Crippen LogP contribution in [-0.4, -0.2) is 22.9 Å². The summed E-state index contributed by atoms with van der Waals surface area (Å²) in [4.78, 5) is 0. The van der Waals surface area contributed by atoms with E-state index >= 15 is 0 Å². The third kappa shape index (κ3) is 3.56. The summed E-state index contributed by atoms with van der Waals surface area (Å²) in [6.45, 7) is 11.9. The lowest BCUT2D eigenvalue weighted by Crippen LogP contribution is -2.29. The molecule has 1 aliphatic carbocycles. The molecule has 1 fully saturated rings. The zero-order valence-corrected chi connectivity index (χ0v) is 14.1. The van der Waals surface area contributed by atoms with Gasteiger partial charge >= 0.3 is 0 Å². The van der Waals surface area contributed by atoms with Crippen LogP contribution >= 0.6 is 11.6 Å². The molecule has 20 heavy (non-hydrogen) atoms. The summed E-state index contributed by atoms with van der Waals surface area (Å²) >= 11 is 6.52. The van der Waals surface area contributed by atoms with Gasteiger partial charge in [-0.2, -0.15) is 5.10 Å². The Bertz CT molecular complexity index is 447. The Hall–Kier alpha value is -0.540. The van der Waals surface area contributed by atoms with Crippen LogP contribution < -0.4 is 5.32 Å². The molecule has 0 amide bonds. The number of aryl methyl sites for hydroxylation is 2. The summed E-state index contributed by atoms with van der Waals surface area (Å²) in [5, 5.41) is 9.15. The lowest BCUT2D eigenvalue weighted by molar-refractivity contribution is 0.419. The van der Waals surface area contributed by atoms with E-state index in [-0.39, 0.29) is 0 Å². The van der Waals surface area contributed by atoms with Crippen LogP contribution in [0.5, 0.6) is 0 Å². The van der Waals surface area contributed by atoms with Gasteiger partial charge < -0.3 is 5.32 Å². The van der Waals surface area contributed by atoms with Crippen molar-refractivity contribution < 1.29 is 0 Å². The molecule has 0 atom stereocenters. The van der Waals surface area contributed by atoms with Gasteiger partial charge in [0.1, 0.15) is 0 Å². The first-order valence-electron chi connectivity index (χ1n) is 7.96. The van der Waals surface area contributed by atoms with Crippen molar-refractivity contribution in [2.75, 3.05) is 13.1 Å². The van der Waals surface area contributed by atoms with Crippen LogP contribution in [0.15, 0.2) is 0 Å². The Labute approximate surface area is 128 Å². The number of hydrogen-bond acceptors (Lipinski definition) is 2. The molecule has 4 heteroatoms. The lowest BCUT2D eigenvalue weighted by Gasteiger charge is -2.18. The SMILES string of the molecule is CCc1nn(CC)c(CC2(CNCC(C)C)CC2)c1Cl. The minimum Gasteiger partial charge on any atom is -0.316 e. The molecule has 0 aromatic carbocycles. The minimum absolute atomic E-state index is 0.427. The molecule has 0 radical (unpaired) electrons. The van der Waals surface area contributed by atoms with Crippen LogP contribution in [0.25, 0.3) is 0 Å². The van der Waals surface area contributed by atoms with Crippen LogP contribution in [0.4, 0.5) is 0 Å². The fourth-order valence-electron chi connectivity index (χ4n) is 2.76. The van der Waals surface area contributed by atoms with Crippen molar-refractivity contribution in [3.63, 3.8) is 0 Å². The number of nitrogens with zero attached hydrogens (tertiary/aromatic N) is 2. The van der Waals surface area contributed by atoms with Crippen LogP contribution in [0.1, 0.15) is 51.9 Å². The largest absolute Gasteiger partial charge is 0.316 e. The molecule has 0 bridgehead atoms. The van der Waals surface area contributed by atoms with E-state index in [9.17, 15) is 0 Å². The van der Waals surface area contributed by atoms with Gasteiger partial charge in [-0.15, -0.1) is 0 Å². The van der Waals surface area contributed by atoms with Gasteiger partial charge in [0, 0.05) is 13.1 Å². The molecule has 0 unspecified atom stereocenters. The van der Waals surface area contributed by atoms with Gasteiger partial charge in [0.25, 0.3) is 0 Å².